The van der Waals surface area contributed by atoms with Crippen molar-refractivity contribution in [1.82, 2.24) is 4.90 Å². The minimum atomic E-state index is -0.359. The van der Waals surface area contributed by atoms with Gasteiger partial charge in [0, 0.05) is 6.54 Å². The van der Waals surface area contributed by atoms with Gasteiger partial charge >= 0.3 is 6.03 Å². The van der Waals surface area contributed by atoms with Crippen molar-refractivity contribution < 1.29 is 9.53 Å². The van der Waals surface area contributed by atoms with Crippen molar-refractivity contribution in [1.29, 1.82) is 5.41 Å². The predicted molar refractivity (Wildman–Crippen MR) is 109 cm³/mol. The van der Waals surface area contributed by atoms with Gasteiger partial charge in [0.25, 0.3) is 0 Å². The van der Waals surface area contributed by atoms with Crippen molar-refractivity contribution in [2.45, 2.75) is 27.2 Å². The lowest BCUT2D eigenvalue weighted by atomic mass is 10.1. The molecule has 2 rings (SSSR count). The summed E-state index contributed by atoms with van der Waals surface area (Å²) in [6.07, 6.45) is 0.731. The van der Waals surface area contributed by atoms with Crippen LogP contribution in [0.5, 0.6) is 0 Å². The Balaban J connectivity index is 2.05. The van der Waals surface area contributed by atoms with E-state index in [-0.39, 0.29) is 18.7 Å². The first-order valence-electron chi connectivity index (χ1n) is 9.06. The molecule has 0 aliphatic carbocycles. The van der Waals surface area contributed by atoms with Crippen LogP contribution in [-0.2, 0) is 11.2 Å². The largest absolute Gasteiger partial charge is 0.370 e. The van der Waals surface area contributed by atoms with E-state index in [1.807, 2.05) is 69.3 Å². The number of carbonyl (C=O) groups excluding carboxylic acids is 1. The number of nitrogens with two attached hydrogens (primary N) is 1. The molecule has 0 saturated heterocycles. The number of nitrogens with zero attached hydrogens (tertiary/aromatic N) is 2. The minimum absolute atomic E-state index is 0.0531. The van der Waals surface area contributed by atoms with E-state index in [0.29, 0.717) is 13.2 Å². The minimum Gasteiger partial charge on any atom is -0.370 e. The third kappa shape index (κ3) is 5.31. The zero-order chi connectivity index (χ0) is 19.8. The van der Waals surface area contributed by atoms with Crippen molar-refractivity contribution in [3.05, 3.63) is 65.2 Å². The van der Waals surface area contributed by atoms with E-state index >= 15 is 0 Å². The van der Waals surface area contributed by atoms with E-state index in [1.165, 1.54) is 0 Å². The number of amides is 2. The summed E-state index contributed by atoms with van der Waals surface area (Å²) in [7, 11) is 0. The fraction of sp³-hybridized carbons (Fsp3) is 0.333. The third-order valence-corrected chi connectivity index (χ3v) is 4.38. The maximum Gasteiger partial charge on any atom is 0.333 e. The van der Waals surface area contributed by atoms with Gasteiger partial charge in [-0.05, 0) is 43.9 Å². The normalized spacial score (nSPS) is 10.5. The molecule has 2 amide bonds. The van der Waals surface area contributed by atoms with Gasteiger partial charge in [0.15, 0.2) is 5.96 Å². The Labute approximate surface area is 161 Å². The van der Waals surface area contributed by atoms with Gasteiger partial charge in [-0.3, -0.25) is 10.3 Å². The molecule has 0 saturated carbocycles. The summed E-state index contributed by atoms with van der Waals surface area (Å²) in [5, 5.41) is 7.80. The number of nitrogens with one attached hydrogen (secondary N) is 1. The Hall–Kier alpha value is -2.86. The Bertz CT molecular complexity index is 757. The highest BCUT2D eigenvalue weighted by Gasteiger charge is 2.25. The van der Waals surface area contributed by atoms with Crippen LogP contribution >= 0.6 is 0 Å². The van der Waals surface area contributed by atoms with Crippen molar-refractivity contribution >= 4 is 17.7 Å². The summed E-state index contributed by atoms with van der Waals surface area (Å²) < 4.78 is 5.63. The molecule has 0 heterocycles. The number of hydrogen-bond acceptors (Lipinski definition) is 3. The number of para-hydroxylation sites is 1. The van der Waals surface area contributed by atoms with Gasteiger partial charge in [0.05, 0.1) is 12.3 Å². The summed E-state index contributed by atoms with van der Waals surface area (Å²) in [5.74, 6) is -0.329. The molecule has 0 unspecified atom stereocenters. The average Bonchev–Trinajstić information content (AvgIpc) is 2.65. The number of ether oxygens (including phenoxy) is 1. The lowest BCUT2D eigenvalue weighted by Crippen LogP contribution is -2.50. The molecule has 0 bridgehead atoms. The van der Waals surface area contributed by atoms with Crippen LogP contribution in [0.4, 0.5) is 10.5 Å². The number of hydrogen-bond donors (Lipinski definition) is 2. The van der Waals surface area contributed by atoms with Crippen molar-refractivity contribution in [2.24, 2.45) is 5.73 Å². The molecule has 144 valence electrons. The number of aryl methyl sites for hydroxylation is 2. The fourth-order valence-electron chi connectivity index (χ4n) is 2.98. The molecule has 6 heteroatoms. The molecule has 2 aromatic rings. The lowest BCUT2D eigenvalue weighted by molar-refractivity contribution is 0.0796. The Kier molecular flexibility index (Phi) is 7.37. The number of urea groups is 1. The summed E-state index contributed by atoms with van der Waals surface area (Å²) in [6.45, 7) is 6.69. The summed E-state index contributed by atoms with van der Waals surface area (Å²) in [4.78, 5) is 15.8. The van der Waals surface area contributed by atoms with Crippen LogP contribution in [0.3, 0.4) is 0 Å². The smallest absolute Gasteiger partial charge is 0.333 e. The second-order valence-electron chi connectivity index (χ2n) is 6.35. The van der Waals surface area contributed by atoms with Crippen molar-refractivity contribution in [3.8, 4) is 0 Å². The molecule has 0 spiro atoms. The zero-order valence-electron chi connectivity index (χ0n) is 16.2. The first-order valence-corrected chi connectivity index (χ1v) is 9.06. The van der Waals surface area contributed by atoms with Crippen LogP contribution < -0.4 is 10.6 Å². The van der Waals surface area contributed by atoms with Crippen LogP contribution in [0.1, 0.15) is 23.6 Å². The number of guanidine groups is 1. The van der Waals surface area contributed by atoms with Gasteiger partial charge in [-0.2, -0.15) is 0 Å². The highest BCUT2D eigenvalue weighted by atomic mass is 16.5. The van der Waals surface area contributed by atoms with Crippen LogP contribution in [0.15, 0.2) is 48.5 Å². The second-order valence-corrected chi connectivity index (χ2v) is 6.35. The molecular formula is C21H28N4O2. The molecule has 0 aliphatic heterocycles. The SMILES string of the molecule is CCN(C(=O)N(COCCc1ccccc1)C(=N)N)c1c(C)cccc1C. The number of carbonyl (C=O) groups is 1. The molecule has 6 nitrogen and oxygen atoms in total. The first-order chi connectivity index (χ1) is 13.0. The molecule has 0 radical (unpaired) electrons. The van der Waals surface area contributed by atoms with E-state index in [1.54, 1.807) is 4.90 Å². The van der Waals surface area contributed by atoms with Gasteiger partial charge < -0.3 is 10.5 Å². The molecule has 0 aliphatic rings. The Morgan fingerprint density at radius 2 is 1.70 bits per heavy atom. The fourth-order valence-corrected chi connectivity index (χ4v) is 2.98. The lowest BCUT2D eigenvalue weighted by Gasteiger charge is -2.30. The van der Waals surface area contributed by atoms with Gasteiger partial charge in [-0.15, -0.1) is 0 Å². The van der Waals surface area contributed by atoms with Gasteiger partial charge in [0.2, 0.25) is 0 Å². The van der Waals surface area contributed by atoms with E-state index in [2.05, 4.69) is 0 Å². The van der Waals surface area contributed by atoms with E-state index in [4.69, 9.17) is 15.9 Å². The van der Waals surface area contributed by atoms with Crippen molar-refractivity contribution in [3.63, 3.8) is 0 Å². The Morgan fingerprint density at radius 1 is 1.07 bits per heavy atom. The standard InChI is InChI=1S/C21H28N4O2/c1-4-24(19-16(2)9-8-10-17(19)3)21(26)25(20(22)23)15-27-14-13-18-11-6-5-7-12-18/h5-12H,4,13-15H2,1-3H3,(H3,22,23). The quantitative estimate of drug-likeness (QED) is 0.339. The molecule has 0 fully saturated rings. The molecular weight excluding hydrogens is 340 g/mol. The third-order valence-electron chi connectivity index (χ3n) is 4.38. The number of benzene rings is 2. The number of rotatable bonds is 7. The number of anilines is 1. The van der Waals surface area contributed by atoms with E-state index in [9.17, 15) is 4.79 Å². The van der Waals surface area contributed by atoms with Gasteiger partial charge in [-0.25, -0.2) is 9.69 Å². The van der Waals surface area contributed by atoms with Gasteiger partial charge in [-0.1, -0.05) is 48.5 Å². The second kappa shape index (κ2) is 9.73. The molecule has 0 atom stereocenters. The summed E-state index contributed by atoms with van der Waals surface area (Å²) >= 11 is 0. The maximum atomic E-state index is 13.0. The summed E-state index contributed by atoms with van der Waals surface area (Å²) in [6, 6.07) is 15.5. The summed E-state index contributed by atoms with van der Waals surface area (Å²) in [5.41, 5.74) is 9.66. The zero-order valence-corrected chi connectivity index (χ0v) is 16.2. The van der Waals surface area contributed by atoms with Crippen LogP contribution in [0.25, 0.3) is 0 Å². The topological polar surface area (TPSA) is 82.7 Å². The monoisotopic (exact) mass is 368 g/mol. The highest BCUT2D eigenvalue weighted by Crippen LogP contribution is 2.25. The molecule has 2 aromatic carbocycles. The molecule has 0 aromatic heterocycles. The van der Waals surface area contributed by atoms with Crippen LogP contribution in [-0.4, -0.2) is 36.8 Å². The van der Waals surface area contributed by atoms with Crippen molar-refractivity contribution in [2.75, 3.05) is 24.8 Å². The van der Waals surface area contributed by atoms with Crippen LogP contribution in [0.2, 0.25) is 0 Å². The first kappa shape index (κ1) is 20.5. The van der Waals surface area contributed by atoms with E-state index < -0.39 is 0 Å². The predicted octanol–water partition coefficient (Wildman–Crippen LogP) is 3.66. The highest BCUT2D eigenvalue weighted by molar-refractivity contribution is 6.03. The average molecular weight is 368 g/mol. The Morgan fingerprint density at radius 3 is 2.26 bits per heavy atom. The molecule has 3 N–H and O–H groups in total. The maximum absolute atomic E-state index is 13.0. The van der Waals surface area contributed by atoms with E-state index in [0.717, 1.165) is 33.7 Å². The molecule has 27 heavy (non-hydrogen) atoms. The van der Waals surface area contributed by atoms with Crippen LogP contribution in [0, 0.1) is 19.3 Å². The van der Waals surface area contributed by atoms with Gasteiger partial charge in [0.1, 0.15) is 6.73 Å².